The normalized spacial score (nSPS) is 18.7. The van der Waals surface area contributed by atoms with Crippen molar-refractivity contribution < 1.29 is 21.2 Å². The first-order chi connectivity index (χ1) is 8.29. The Hall–Kier alpha value is -1.30. The molecule has 0 atom stereocenters. The number of hydrogen-bond donors (Lipinski definition) is 0. The first kappa shape index (κ1) is 19.0. The van der Waals surface area contributed by atoms with Crippen LogP contribution in [0.25, 0.3) is 0 Å². The van der Waals surface area contributed by atoms with Crippen molar-refractivity contribution in [2.45, 2.75) is 57.8 Å². The van der Waals surface area contributed by atoms with Gasteiger partial charge in [-0.2, -0.15) is 0 Å². The molecular formula is C12H23O6+. The molecule has 2 rings (SSSR count). The zero-order valence-electron chi connectivity index (χ0n) is 11.6. The lowest BCUT2D eigenvalue weighted by molar-refractivity contribution is -0.142. The fourth-order valence-electron chi connectivity index (χ4n) is 1.75. The third kappa shape index (κ3) is 11.2. The monoisotopic (exact) mass is 263 g/mol. The maximum atomic E-state index is 10.5. The summed E-state index contributed by atoms with van der Waals surface area (Å²) in [6.07, 6.45) is 9.07. The molecule has 0 aromatic carbocycles. The van der Waals surface area contributed by atoms with Crippen LogP contribution >= 0.6 is 0 Å². The fourth-order valence-corrected chi connectivity index (χ4v) is 1.75. The van der Waals surface area contributed by atoms with Gasteiger partial charge in [-0.3, -0.25) is 9.59 Å². The van der Waals surface area contributed by atoms with Gasteiger partial charge in [0.2, 0.25) is 0 Å². The van der Waals surface area contributed by atoms with Gasteiger partial charge in [-0.15, -0.1) is 0 Å². The smallest absolute Gasteiger partial charge is 0.466 e. The number of ether oxygens (including phenoxy) is 1. The Morgan fingerprint density at radius 1 is 0.778 bits per heavy atom. The Labute approximate surface area is 108 Å². The molecule has 6 heteroatoms. The maximum Gasteiger partial charge on any atom is 1.00 e. The minimum absolute atomic E-state index is 0. The van der Waals surface area contributed by atoms with E-state index in [-0.39, 0.29) is 12.9 Å². The number of carbonyl (C=O) groups excluding carboxylic acids is 2. The van der Waals surface area contributed by atoms with Crippen LogP contribution in [0.1, 0.15) is 59.2 Å². The number of esters is 1. The molecular weight excluding hydrogens is 240 g/mol. The lowest BCUT2D eigenvalue weighted by Gasteiger charge is -2.05. The third-order valence-corrected chi connectivity index (χ3v) is 2.70. The summed E-state index contributed by atoms with van der Waals surface area (Å²) < 4.78 is 4.76. The van der Waals surface area contributed by atoms with Gasteiger partial charge in [0.05, 0.1) is 6.61 Å². The molecule has 1 aliphatic heterocycles. The molecule has 2 aliphatic rings. The molecule has 0 amide bonds. The highest BCUT2D eigenvalue weighted by atomic mass is 16.7. The molecule has 0 aromatic heterocycles. The second-order valence-corrected chi connectivity index (χ2v) is 4.13. The highest BCUT2D eigenvalue weighted by molar-refractivity contribution is 5.78. The summed E-state index contributed by atoms with van der Waals surface area (Å²) in [5.74, 6) is 0.439. The molecule has 0 radical (unpaired) electrons. The molecule has 0 spiro atoms. The minimum atomic E-state index is -0.0255. The highest BCUT2D eigenvalue weighted by Gasteiger charge is 2.06. The molecule has 6 nitrogen and oxygen atoms in total. The van der Waals surface area contributed by atoms with Gasteiger partial charge in [0.15, 0.2) is 0 Å². The van der Waals surface area contributed by atoms with Crippen LogP contribution in [0.15, 0.2) is 0 Å². The van der Waals surface area contributed by atoms with Crippen LogP contribution in [-0.2, 0) is 14.3 Å². The van der Waals surface area contributed by atoms with Crippen molar-refractivity contribution in [3.05, 3.63) is 9.93 Å². The Morgan fingerprint density at radius 3 is 1.78 bits per heavy atom. The van der Waals surface area contributed by atoms with Gasteiger partial charge in [0, 0.05) is 29.2 Å². The standard InChI is InChI=1S/C6H10O2.C6H10O.O2.H2O/c7-6-4-2-1-3-5-8-6;7-6-4-2-1-3-5-6;1-2;/h1-5H2;1-5H2;;1H2/p+1. The van der Waals surface area contributed by atoms with Crippen molar-refractivity contribution in [2.24, 2.45) is 0 Å². The van der Waals surface area contributed by atoms with Crippen molar-refractivity contribution in [3.63, 3.8) is 0 Å². The van der Waals surface area contributed by atoms with Gasteiger partial charge in [-0.25, -0.2) is 0 Å². The van der Waals surface area contributed by atoms with Crippen molar-refractivity contribution >= 4 is 11.8 Å². The molecule has 1 saturated carbocycles. The number of cyclic esters (lactones) is 1. The Bertz CT molecular complexity index is 216. The van der Waals surface area contributed by atoms with Crippen molar-refractivity contribution in [2.75, 3.05) is 6.61 Å². The number of Topliss-reactive ketones (excluding diaryl/α,β-unsaturated/α-hetero) is 1. The van der Waals surface area contributed by atoms with Crippen LogP contribution in [0.5, 0.6) is 0 Å². The fraction of sp³-hybridized carbons (Fsp3) is 0.833. The molecule has 0 unspecified atom stereocenters. The minimum Gasteiger partial charge on any atom is -0.466 e. The summed E-state index contributed by atoms with van der Waals surface area (Å²) >= 11 is 0. The average molecular weight is 263 g/mol. The molecule has 0 aromatic rings. The van der Waals surface area contributed by atoms with E-state index in [4.69, 9.17) is 14.7 Å². The van der Waals surface area contributed by atoms with Crippen LogP contribution < -0.4 is 0 Å². The molecule has 0 bridgehead atoms. The molecule has 1 heterocycles. The molecule has 1 aliphatic carbocycles. The van der Waals surface area contributed by atoms with Crippen LogP contribution in [0.4, 0.5) is 0 Å². The predicted octanol–water partition coefficient (Wildman–Crippen LogP) is 1.98. The Balaban J connectivity index is -0.000000219. The van der Waals surface area contributed by atoms with Crippen molar-refractivity contribution in [1.29, 1.82) is 0 Å². The van der Waals surface area contributed by atoms with E-state index in [1.165, 1.54) is 6.42 Å². The van der Waals surface area contributed by atoms with Gasteiger partial charge < -0.3 is 10.2 Å². The predicted molar refractivity (Wildman–Crippen MR) is 69.0 cm³/mol. The van der Waals surface area contributed by atoms with E-state index in [1.54, 1.807) is 0 Å². The van der Waals surface area contributed by atoms with E-state index in [0.29, 0.717) is 18.8 Å². The number of carbonyl (C=O) groups is 2. The van der Waals surface area contributed by atoms with Crippen LogP contribution in [0.3, 0.4) is 0 Å². The highest BCUT2D eigenvalue weighted by Crippen LogP contribution is 2.12. The summed E-state index contributed by atoms with van der Waals surface area (Å²) in [6, 6.07) is 0. The molecule has 1 saturated heterocycles. The molecule has 2 N–H and O–H groups in total. The summed E-state index contributed by atoms with van der Waals surface area (Å²) in [5, 5.41) is 0. The average Bonchev–Trinajstić information content (AvgIpc) is 2.61. The zero-order valence-corrected chi connectivity index (χ0v) is 10.6. The van der Waals surface area contributed by atoms with E-state index in [9.17, 15) is 9.59 Å². The van der Waals surface area contributed by atoms with Crippen LogP contribution in [0.2, 0.25) is 0 Å². The lowest BCUT2D eigenvalue weighted by Crippen LogP contribution is -2.02. The first-order valence-electron chi connectivity index (χ1n) is 6.13. The quantitative estimate of drug-likeness (QED) is 0.620. The Kier molecular flexibility index (Phi) is 14.6. The van der Waals surface area contributed by atoms with E-state index in [0.717, 1.165) is 44.9 Å². The maximum absolute atomic E-state index is 10.5. The summed E-state index contributed by atoms with van der Waals surface area (Å²) in [5.41, 5.74) is 0. The topological polar surface area (TPSA) is 109 Å². The van der Waals surface area contributed by atoms with Gasteiger partial charge in [-0.05, 0) is 32.1 Å². The first-order valence-corrected chi connectivity index (χ1v) is 6.13. The number of ketones is 1. The van der Waals surface area contributed by atoms with E-state index in [1.807, 2.05) is 0 Å². The number of hydrogen-bond acceptors (Lipinski definition) is 5. The summed E-state index contributed by atoms with van der Waals surface area (Å²) in [4.78, 5) is 34.9. The lowest BCUT2D eigenvalue weighted by atomic mass is 10.00. The zero-order chi connectivity index (χ0) is 12.9. The van der Waals surface area contributed by atoms with Gasteiger partial charge in [0.1, 0.15) is 5.78 Å². The van der Waals surface area contributed by atoms with Crippen molar-refractivity contribution in [1.82, 2.24) is 0 Å². The second kappa shape index (κ2) is 13.8. The van der Waals surface area contributed by atoms with Crippen LogP contribution in [-0.4, -0.2) is 23.8 Å². The molecule has 106 valence electrons. The summed E-state index contributed by atoms with van der Waals surface area (Å²) in [7, 11) is 0. The summed E-state index contributed by atoms with van der Waals surface area (Å²) in [6.45, 7) is 0.638. The van der Waals surface area contributed by atoms with E-state index in [2.05, 4.69) is 0 Å². The Morgan fingerprint density at radius 2 is 1.28 bits per heavy atom. The molecule has 2 fully saturated rings. The van der Waals surface area contributed by atoms with E-state index >= 15 is 0 Å². The SMILES string of the molecule is O.O=C1CCCCC1.O=C1CCCCCO1.O=O.[H+]. The van der Waals surface area contributed by atoms with Crippen LogP contribution in [0, 0.1) is 9.93 Å². The number of rotatable bonds is 0. The largest absolute Gasteiger partial charge is 1.00 e. The molecule has 18 heavy (non-hydrogen) atoms. The second-order valence-electron chi connectivity index (χ2n) is 4.13. The van der Waals surface area contributed by atoms with Gasteiger partial charge in [0.25, 0.3) is 0 Å². The van der Waals surface area contributed by atoms with Crippen molar-refractivity contribution in [3.8, 4) is 0 Å². The third-order valence-electron chi connectivity index (χ3n) is 2.70. The van der Waals surface area contributed by atoms with E-state index < -0.39 is 0 Å². The van der Waals surface area contributed by atoms with Gasteiger partial charge in [-0.1, -0.05) is 6.42 Å². The van der Waals surface area contributed by atoms with Gasteiger partial charge >= 0.3 is 7.40 Å².